The second kappa shape index (κ2) is 5.49. The van der Waals surface area contributed by atoms with Crippen LogP contribution in [0.15, 0.2) is 30.3 Å². The number of phenolic OH excluding ortho intramolecular Hbond substituents is 1. The van der Waals surface area contributed by atoms with E-state index in [-0.39, 0.29) is 0 Å². The Bertz CT molecular complexity index is 540. The number of anilines is 1. The number of aromatic nitrogens is 2. The Hall–Kier alpha value is -2.10. The molecule has 1 heterocycles. The zero-order chi connectivity index (χ0) is 13.0. The molecule has 0 fully saturated rings. The number of benzene rings is 1. The van der Waals surface area contributed by atoms with E-state index in [1.54, 1.807) is 6.07 Å². The maximum absolute atomic E-state index is 9.67. The third-order valence-electron chi connectivity index (χ3n) is 2.70. The van der Waals surface area contributed by atoms with Gasteiger partial charge < -0.3 is 10.4 Å². The van der Waals surface area contributed by atoms with Crippen LogP contribution in [0.1, 0.15) is 24.0 Å². The standard InChI is InChI=1S/C14H17N3O/c1-3-12-8-14(17-10(2)16-12)15-9-11-6-4-5-7-13(11)18/h4-8,18H,3,9H2,1-2H3,(H,15,16,17). The Labute approximate surface area is 107 Å². The summed E-state index contributed by atoms with van der Waals surface area (Å²) in [4.78, 5) is 8.65. The van der Waals surface area contributed by atoms with Gasteiger partial charge in [-0.15, -0.1) is 0 Å². The Morgan fingerprint density at radius 2 is 2.00 bits per heavy atom. The molecule has 18 heavy (non-hydrogen) atoms. The van der Waals surface area contributed by atoms with Crippen molar-refractivity contribution in [2.45, 2.75) is 26.8 Å². The third kappa shape index (κ3) is 2.97. The van der Waals surface area contributed by atoms with Crippen LogP contribution in [0.25, 0.3) is 0 Å². The van der Waals surface area contributed by atoms with Gasteiger partial charge in [0, 0.05) is 23.9 Å². The third-order valence-corrected chi connectivity index (χ3v) is 2.70. The summed E-state index contributed by atoms with van der Waals surface area (Å²) in [6.45, 7) is 4.49. The van der Waals surface area contributed by atoms with Gasteiger partial charge in [0.15, 0.2) is 0 Å². The number of nitrogens with zero attached hydrogens (tertiary/aromatic N) is 2. The summed E-state index contributed by atoms with van der Waals surface area (Å²) in [7, 11) is 0. The first-order valence-corrected chi connectivity index (χ1v) is 6.04. The number of hydrogen-bond donors (Lipinski definition) is 2. The number of rotatable bonds is 4. The number of nitrogens with one attached hydrogen (secondary N) is 1. The van der Waals surface area contributed by atoms with Crippen LogP contribution in [0.3, 0.4) is 0 Å². The van der Waals surface area contributed by atoms with Crippen LogP contribution in [0.4, 0.5) is 5.82 Å². The van der Waals surface area contributed by atoms with Gasteiger partial charge in [0.25, 0.3) is 0 Å². The molecule has 0 radical (unpaired) electrons. The fraction of sp³-hybridized carbons (Fsp3) is 0.286. The zero-order valence-corrected chi connectivity index (χ0v) is 10.6. The molecular weight excluding hydrogens is 226 g/mol. The zero-order valence-electron chi connectivity index (χ0n) is 10.6. The van der Waals surface area contributed by atoms with E-state index >= 15 is 0 Å². The van der Waals surface area contributed by atoms with Gasteiger partial charge in [0.1, 0.15) is 17.4 Å². The van der Waals surface area contributed by atoms with Gasteiger partial charge in [0.05, 0.1) is 0 Å². The molecule has 4 nitrogen and oxygen atoms in total. The van der Waals surface area contributed by atoms with Gasteiger partial charge in [-0.25, -0.2) is 9.97 Å². The highest BCUT2D eigenvalue weighted by Crippen LogP contribution is 2.17. The lowest BCUT2D eigenvalue weighted by Crippen LogP contribution is -2.04. The normalized spacial score (nSPS) is 10.3. The van der Waals surface area contributed by atoms with Crippen LogP contribution in [-0.4, -0.2) is 15.1 Å². The Kier molecular flexibility index (Phi) is 3.77. The lowest BCUT2D eigenvalue weighted by Gasteiger charge is -2.09. The van der Waals surface area contributed by atoms with E-state index in [2.05, 4.69) is 22.2 Å². The Morgan fingerprint density at radius 3 is 2.72 bits per heavy atom. The van der Waals surface area contributed by atoms with Crippen molar-refractivity contribution in [3.63, 3.8) is 0 Å². The van der Waals surface area contributed by atoms with E-state index in [0.717, 1.165) is 29.3 Å². The molecule has 4 heteroatoms. The van der Waals surface area contributed by atoms with Crippen molar-refractivity contribution in [3.05, 3.63) is 47.4 Å². The quantitative estimate of drug-likeness (QED) is 0.866. The highest BCUT2D eigenvalue weighted by molar-refractivity contribution is 5.40. The molecule has 0 spiro atoms. The van der Waals surface area contributed by atoms with Crippen LogP contribution in [0, 0.1) is 6.92 Å². The molecule has 1 aromatic carbocycles. The fourth-order valence-electron chi connectivity index (χ4n) is 1.75. The van der Waals surface area contributed by atoms with Crippen molar-refractivity contribution in [2.24, 2.45) is 0 Å². The van der Waals surface area contributed by atoms with Crippen LogP contribution in [-0.2, 0) is 13.0 Å². The van der Waals surface area contributed by atoms with Gasteiger partial charge in [-0.1, -0.05) is 25.1 Å². The summed E-state index contributed by atoms with van der Waals surface area (Å²) in [5, 5.41) is 12.9. The minimum atomic E-state index is 0.298. The van der Waals surface area contributed by atoms with E-state index in [0.29, 0.717) is 12.3 Å². The average molecular weight is 243 g/mol. The van der Waals surface area contributed by atoms with Crippen LogP contribution >= 0.6 is 0 Å². The predicted octanol–water partition coefficient (Wildman–Crippen LogP) is 2.67. The molecule has 2 N–H and O–H groups in total. The predicted molar refractivity (Wildman–Crippen MR) is 71.6 cm³/mol. The van der Waals surface area contributed by atoms with E-state index in [1.807, 2.05) is 31.2 Å². The lowest BCUT2D eigenvalue weighted by atomic mass is 10.2. The summed E-state index contributed by atoms with van der Waals surface area (Å²) < 4.78 is 0. The van der Waals surface area contributed by atoms with Gasteiger partial charge in [-0.3, -0.25) is 0 Å². The molecule has 0 saturated carbocycles. The van der Waals surface area contributed by atoms with Crippen molar-refractivity contribution in [2.75, 3.05) is 5.32 Å². The van der Waals surface area contributed by atoms with E-state index < -0.39 is 0 Å². The SMILES string of the molecule is CCc1cc(NCc2ccccc2O)nc(C)n1. The molecular formula is C14H17N3O. The number of phenols is 1. The molecule has 94 valence electrons. The van der Waals surface area contributed by atoms with Crippen LogP contribution in [0.5, 0.6) is 5.75 Å². The molecule has 0 aliphatic rings. The molecule has 1 aromatic heterocycles. The monoisotopic (exact) mass is 243 g/mol. The second-order valence-electron chi connectivity index (χ2n) is 4.13. The highest BCUT2D eigenvalue weighted by atomic mass is 16.3. The molecule has 0 unspecified atom stereocenters. The van der Waals surface area contributed by atoms with E-state index in [1.165, 1.54) is 0 Å². The van der Waals surface area contributed by atoms with Gasteiger partial charge in [-0.2, -0.15) is 0 Å². The first-order valence-electron chi connectivity index (χ1n) is 6.04. The van der Waals surface area contributed by atoms with Crippen molar-refractivity contribution in [1.29, 1.82) is 0 Å². The first-order chi connectivity index (χ1) is 8.69. The number of hydrogen-bond acceptors (Lipinski definition) is 4. The molecule has 0 aliphatic carbocycles. The molecule has 0 saturated heterocycles. The van der Waals surface area contributed by atoms with Crippen molar-refractivity contribution in [3.8, 4) is 5.75 Å². The fourth-order valence-corrected chi connectivity index (χ4v) is 1.75. The summed E-state index contributed by atoms with van der Waals surface area (Å²) in [6.07, 6.45) is 0.884. The summed E-state index contributed by atoms with van der Waals surface area (Å²) in [6, 6.07) is 9.21. The van der Waals surface area contributed by atoms with Crippen LogP contribution in [0.2, 0.25) is 0 Å². The lowest BCUT2D eigenvalue weighted by molar-refractivity contribution is 0.469. The molecule has 0 amide bonds. The highest BCUT2D eigenvalue weighted by Gasteiger charge is 2.02. The van der Waals surface area contributed by atoms with Gasteiger partial charge >= 0.3 is 0 Å². The van der Waals surface area contributed by atoms with Crippen molar-refractivity contribution in [1.82, 2.24) is 9.97 Å². The minimum Gasteiger partial charge on any atom is -0.508 e. The van der Waals surface area contributed by atoms with Gasteiger partial charge in [-0.05, 0) is 19.4 Å². The molecule has 2 aromatic rings. The summed E-state index contributed by atoms with van der Waals surface area (Å²) in [5.74, 6) is 1.85. The maximum atomic E-state index is 9.67. The largest absolute Gasteiger partial charge is 0.508 e. The van der Waals surface area contributed by atoms with E-state index in [4.69, 9.17) is 0 Å². The van der Waals surface area contributed by atoms with Crippen molar-refractivity contribution >= 4 is 5.82 Å². The Balaban J connectivity index is 2.11. The average Bonchev–Trinajstić information content (AvgIpc) is 2.37. The van der Waals surface area contributed by atoms with Gasteiger partial charge in [0.2, 0.25) is 0 Å². The minimum absolute atomic E-state index is 0.298. The molecule has 2 rings (SSSR count). The summed E-state index contributed by atoms with van der Waals surface area (Å²) in [5.41, 5.74) is 1.87. The topological polar surface area (TPSA) is 58.0 Å². The Morgan fingerprint density at radius 1 is 1.22 bits per heavy atom. The smallest absolute Gasteiger partial charge is 0.130 e. The second-order valence-corrected chi connectivity index (χ2v) is 4.13. The number of para-hydroxylation sites is 1. The maximum Gasteiger partial charge on any atom is 0.130 e. The molecule has 0 bridgehead atoms. The van der Waals surface area contributed by atoms with Crippen LogP contribution < -0.4 is 5.32 Å². The van der Waals surface area contributed by atoms with Crippen molar-refractivity contribution < 1.29 is 5.11 Å². The number of aryl methyl sites for hydroxylation is 2. The first kappa shape index (κ1) is 12.4. The summed E-state index contributed by atoms with van der Waals surface area (Å²) >= 11 is 0. The molecule has 0 aliphatic heterocycles. The van der Waals surface area contributed by atoms with E-state index in [9.17, 15) is 5.11 Å². The number of aromatic hydroxyl groups is 1. The molecule has 0 atom stereocenters.